The number of aromatic nitrogens is 3. The molecule has 0 spiro atoms. The van der Waals surface area contributed by atoms with Crippen LogP contribution in [0.4, 0.5) is 10.3 Å². The molecular formula is C16H19FN4O2. The summed E-state index contributed by atoms with van der Waals surface area (Å²) in [6.45, 7) is 1.97. The van der Waals surface area contributed by atoms with Crippen molar-refractivity contribution in [2.45, 2.75) is 25.6 Å². The van der Waals surface area contributed by atoms with Gasteiger partial charge in [-0.25, -0.2) is 4.98 Å². The summed E-state index contributed by atoms with van der Waals surface area (Å²) in [6.07, 6.45) is 4.91. The first-order chi connectivity index (χ1) is 11.3. The summed E-state index contributed by atoms with van der Waals surface area (Å²) in [4.78, 5) is 14.4. The molecule has 0 aliphatic carbocycles. The topological polar surface area (TPSA) is 60.4 Å². The van der Waals surface area contributed by atoms with Crippen molar-refractivity contribution >= 4 is 5.95 Å². The highest BCUT2D eigenvalue weighted by Gasteiger charge is 2.23. The minimum atomic E-state index is -0.559. The second-order valence-corrected chi connectivity index (χ2v) is 5.37. The Hall–Kier alpha value is -2.28. The number of nitrogens with zero attached hydrogens (tertiary/aromatic N) is 4. The third-order valence-corrected chi connectivity index (χ3v) is 3.75. The molecule has 0 radical (unpaired) electrons. The summed E-state index contributed by atoms with van der Waals surface area (Å²) in [6, 6.07) is 5.76. The van der Waals surface area contributed by atoms with E-state index in [1.807, 2.05) is 23.1 Å². The molecule has 0 saturated carbocycles. The molecule has 122 valence electrons. The van der Waals surface area contributed by atoms with Crippen LogP contribution in [0.5, 0.6) is 5.88 Å². The van der Waals surface area contributed by atoms with E-state index < -0.39 is 5.82 Å². The number of hydrogen-bond donors (Lipinski definition) is 0. The van der Waals surface area contributed by atoms with E-state index in [-0.39, 0.29) is 12.0 Å². The number of pyridine rings is 1. The van der Waals surface area contributed by atoms with Gasteiger partial charge in [-0.2, -0.15) is 9.37 Å². The second-order valence-electron chi connectivity index (χ2n) is 5.37. The monoisotopic (exact) mass is 318 g/mol. The number of anilines is 1. The van der Waals surface area contributed by atoms with Crippen LogP contribution in [0.3, 0.4) is 0 Å². The number of piperidine rings is 1. The maximum absolute atomic E-state index is 13.4. The molecule has 1 aliphatic rings. The number of ether oxygens (including phenoxy) is 2. The quantitative estimate of drug-likeness (QED) is 0.842. The molecule has 7 heteroatoms. The fraction of sp³-hybridized carbons (Fsp3) is 0.438. The lowest BCUT2D eigenvalue weighted by Crippen LogP contribution is -2.40. The Kier molecular flexibility index (Phi) is 4.97. The summed E-state index contributed by atoms with van der Waals surface area (Å²) in [5.41, 5.74) is 0.907. The number of hydrogen-bond acceptors (Lipinski definition) is 6. The van der Waals surface area contributed by atoms with Gasteiger partial charge in [-0.15, -0.1) is 0 Å². The maximum Gasteiger partial charge on any atom is 0.255 e. The van der Waals surface area contributed by atoms with Gasteiger partial charge in [0.15, 0.2) is 0 Å². The third kappa shape index (κ3) is 3.92. The van der Waals surface area contributed by atoms with Crippen molar-refractivity contribution in [3.8, 4) is 5.88 Å². The van der Waals surface area contributed by atoms with Crippen molar-refractivity contribution in [1.82, 2.24) is 15.0 Å². The van der Waals surface area contributed by atoms with E-state index in [0.717, 1.165) is 31.3 Å². The Morgan fingerprint density at radius 1 is 1.35 bits per heavy atom. The van der Waals surface area contributed by atoms with Gasteiger partial charge < -0.3 is 14.4 Å². The smallest absolute Gasteiger partial charge is 0.255 e. The predicted octanol–water partition coefficient (Wildman–Crippen LogP) is 2.20. The Morgan fingerprint density at radius 2 is 2.26 bits per heavy atom. The number of methoxy groups -OCH3 is 1. The second kappa shape index (κ2) is 7.32. The zero-order valence-corrected chi connectivity index (χ0v) is 13.0. The molecule has 0 aromatic carbocycles. The predicted molar refractivity (Wildman–Crippen MR) is 82.8 cm³/mol. The van der Waals surface area contributed by atoms with Crippen molar-refractivity contribution < 1.29 is 13.9 Å². The Balaban J connectivity index is 1.61. The third-order valence-electron chi connectivity index (χ3n) is 3.75. The van der Waals surface area contributed by atoms with Gasteiger partial charge in [-0.3, -0.25) is 4.98 Å². The van der Waals surface area contributed by atoms with E-state index in [9.17, 15) is 4.39 Å². The van der Waals surface area contributed by atoms with Crippen molar-refractivity contribution in [1.29, 1.82) is 0 Å². The number of rotatable bonds is 5. The van der Waals surface area contributed by atoms with Crippen LogP contribution in [0, 0.1) is 5.82 Å². The molecule has 6 nitrogen and oxygen atoms in total. The highest BCUT2D eigenvalue weighted by Crippen LogP contribution is 2.21. The molecule has 1 unspecified atom stereocenters. The van der Waals surface area contributed by atoms with Crippen LogP contribution in [0.15, 0.2) is 30.6 Å². The lowest BCUT2D eigenvalue weighted by Gasteiger charge is -2.32. The normalized spacial score (nSPS) is 18.0. The summed E-state index contributed by atoms with van der Waals surface area (Å²) in [5, 5.41) is 0. The molecule has 0 N–H and O–H groups in total. The SMILES string of the molecule is COc1nc(N2CCCC(OCc3ccccn3)C2)ncc1F. The molecule has 3 rings (SSSR count). The van der Waals surface area contributed by atoms with Gasteiger partial charge in [0.2, 0.25) is 11.8 Å². The van der Waals surface area contributed by atoms with Gasteiger partial charge in [0, 0.05) is 19.3 Å². The van der Waals surface area contributed by atoms with E-state index in [1.165, 1.54) is 7.11 Å². The minimum Gasteiger partial charge on any atom is -0.479 e. The van der Waals surface area contributed by atoms with Crippen LogP contribution in [0.2, 0.25) is 0 Å². The van der Waals surface area contributed by atoms with Gasteiger partial charge in [0.1, 0.15) is 0 Å². The average Bonchev–Trinajstić information content (AvgIpc) is 2.61. The Labute approximate surface area is 134 Å². The van der Waals surface area contributed by atoms with Crippen LogP contribution < -0.4 is 9.64 Å². The van der Waals surface area contributed by atoms with Gasteiger partial charge >= 0.3 is 0 Å². The Morgan fingerprint density at radius 3 is 3.04 bits per heavy atom. The van der Waals surface area contributed by atoms with Crippen LogP contribution in [0.1, 0.15) is 18.5 Å². The van der Waals surface area contributed by atoms with Crippen molar-refractivity contribution in [2.75, 3.05) is 25.1 Å². The zero-order valence-electron chi connectivity index (χ0n) is 13.0. The molecular weight excluding hydrogens is 299 g/mol. The lowest BCUT2D eigenvalue weighted by atomic mass is 10.1. The fourth-order valence-electron chi connectivity index (χ4n) is 2.58. The molecule has 1 fully saturated rings. The van der Waals surface area contributed by atoms with Gasteiger partial charge in [-0.05, 0) is 25.0 Å². The van der Waals surface area contributed by atoms with E-state index in [1.54, 1.807) is 6.20 Å². The van der Waals surface area contributed by atoms with Gasteiger partial charge in [-0.1, -0.05) is 6.07 Å². The number of halogens is 1. The summed E-state index contributed by atoms with van der Waals surface area (Å²) >= 11 is 0. The van der Waals surface area contributed by atoms with Crippen molar-refractivity contribution in [3.63, 3.8) is 0 Å². The van der Waals surface area contributed by atoms with Gasteiger partial charge in [0.25, 0.3) is 5.88 Å². The highest BCUT2D eigenvalue weighted by molar-refractivity contribution is 5.33. The van der Waals surface area contributed by atoms with Crippen LogP contribution in [-0.2, 0) is 11.3 Å². The van der Waals surface area contributed by atoms with E-state index >= 15 is 0 Å². The first-order valence-electron chi connectivity index (χ1n) is 7.59. The largest absolute Gasteiger partial charge is 0.479 e. The highest BCUT2D eigenvalue weighted by atomic mass is 19.1. The molecule has 1 atom stereocenters. The summed E-state index contributed by atoms with van der Waals surface area (Å²) < 4.78 is 24.3. The fourth-order valence-corrected chi connectivity index (χ4v) is 2.58. The Bertz CT molecular complexity index is 641. The lowest BCUT2D eigenvalue weighted by molar-refractivity contribution is 0.0295. The van der Waals surface area contributed by atoms with E-state index in [0.29, 0.717) is 19.1 Å². The standard InChI is InChI=1S/C16H19FN4O2/c1-22-15-14(17)9-19-16(20-15)21-8-4-6-13(10-21)23-11-12-5-2-3-7-18-12/h2-3,5,7,9,13H,4,6,8,10-11H2,1H3. The molecule has 1 aliphatic heterocycles. The first-order valence-corrected chi connectivity index (χ1v) is 7.59. The van der Waals surface area contributed by atoms with Crippen LogP contribution >= 0.6 is 0 Å². The van der Waals surface area contributed by atoms with Gasteiger partial charge in [0.05, 0.1) is 31.7 Å². The zero-order chi connectivity index (χ0) is 16.1. The molecule has 0 amide bonds. The maximum atomic E-state index is 13.4. The average molecular weight is 318 g/mol. The first kappa shape index (κ1) is 15.6. The van der Waals surface area contributed by atoms with Crippen LogP contribution in [-0.4, -0.2) is 41.3 Å². The van der Waals surface area contributed by atoms with Crippen molar-refractivity contribution in [3.05, 3.63) is 42.1 Å². The molecule has 1 saturated heterocycles. The molecule has 2 aromatic rings. The van der Waals surface area contributed by atoms with Crippen LogP contribution in [0.25, 0.3) is 0 Å². The molecule has 23 heavy (non-hydrogen) atoms. The van der Waals surface area contributed by atoms with E-state index in [4.69, 9.17) is 9.47 Å². The molecule has 3 heterocycles. The molecule has 2 aromatic heterocycles. The molecule has 0 bridgehead atoms. The summed E-state index contributed by atoms with van der Waals surface area (Å²) in [7, 11) is 1.39. The van der Waals surface area contributed by atoms with E-state index in [2.05, 4.69) is 15.0 Å². The summed E-state index contributed by atoms with van der Waals surface area (Å²) in [5.74, 6) is -0.128. The minimum absolute atomic E-state index is 0.0356. The van der Waals surface area contributed by atoms with Crippen molar-refractivity contribution in [2.24, 2.45) is 0 Å².